The first-order valence-corrected chi connectivity index (χ1v) is 7.61. The fraction of sp³-hybridized carbons (Fsp3) is 0.533. The van der Waals surface area contributed by atoms with Gasteiger partial charge in [0.05, 0.1) is 12.7 Å². The molecular weight excluding hydrogens is 306 g/mol. The van der Waals surface area contributed by atoms with Crippen LogP contribution in [0.25, 0.3) is 0 Å². The molecular formula is C15H20BrNO2. The lowest BCUT2D eigenvalue weighted by atomic mass is 10.1. The van der Waals surface area contributed by atoms with Crippen molar-refractivity contribution in [3.8, 4) is 0 Å². The van der Waals surface area contributed by atoms with Crippen molar-refractivity contribution in [1.82, 2.24) is 4.90 Å². The monoisotopic (exact) mass is 325 g/mol. The minimum Gasteiger partial charge on any atom is -0.376 e. The lowest BCUT2D eigenvalue weighted by Gasteiger charge is -2.32. The van der Waals surface area contributed by atoms with Gasteiger partial charge in [-0.2, -0.15) is 0 Å². The number of benzene rings is 1. The number of carbonyl (C=O) groups is 1. The Morgan fingerprint density at radius 3 is 3.00 bits per heavy atom. The molecule has 1 aromatic rings. The van der Waals surface area contributed by atoms with Gasteiger partial charge >= 0.3 is 0 Å². The largest absolute Gasteiger partial charge is 0.376 e. The average Bonchev–Trinajstić information content (AvgIpc) is 2.45. The van der Waals surface area contributed by atoms with Crippen LogP contribution in [0.15, 0.2) is 28.7 Å². The summed E-state index contributed by atoms with van der Waals surface area (Å²) in [4.78, 5) is 14.5. The van der Waals surface area contributed by atoms with Gasteiger partial charge in [-0.25, -0.2) is 0 Å². The third kappa shape index (κ3) is 4.13. The first-order valence-electron chi connectivity index (χ1n) is 6.82. The Morgan fingerprint density at radius 1 is 1.47 bits per heavy atom. The van der Waals surface area contributed by atoms with Crippen molar-refractivity contribution in [2.75, 3.05) is 26.2 Å². The minimum atomic E-state index is 0.201. The smallest absolute Gasteiger partial charge is 0.165 e. The predicted molar refractivity (Wildman–Crippen MR) is 79.6 cm³/mol. The van der Waals surface area contributed by atoms with E-state index in [1.54, 1.807) is 0 Å². The van der Waals surface area contributed by atoms with Crippen LogP contribution in [0.1, 0.15) is 30.1 Å². The van der Waals surface area contributed by atoms with E-state index in [1.807, 2.05) is 24.3 Å². The van der Waals surface area contributed by atoms with Crippen LogP contribution >= 0.6 is 15.9 Å². The molecule has 1 atom stereocenters. The van der Waals surface area contributed by atoms with E-state index in [4.69, 9.17) is 4.74 Å². The molecule has 0 amide bonds. The van der Waals surface area contributed by atoms with Crippen LogP contribution in [0.3, 0.4) is 0 Å². The molecule has 0 radical (unpaired) electrons. The summed E-state index contributed by atoms with van der Waals surface area (Å²) in [6.07, 6.45) is 1.93. The Hall–Kier alpha value is -0.710. The van der Waals surface area contributed by atoms with E-state index in [9.17, 15) is 4.79 Å². The molecule has 0 aromatic heterocycles. The van der Waals surface area contributed by atoms with Gasteiger partial charge in [0.25, 0.3) is 0 Å². The van der Waals surface area contributed by atoms with E-state index in [0.29, 0.717) is 12.5 Å². The van der Waals surface area contributed by atoms with E-state index in [0.717, 1.165) is 42.7 Å². The molecule has 1 aliphatic rings. The number of hydrogen-bond acceptors (Lipinski definition) is 3. The molecule has 1 fully saturated rings. The molecule has 104 valence electrons. The van der Waals surface area contributed by atoms with Crippen LogP contribution in [-0.2, 0) is 4.74 Å². The van der Waals surface area contributed by atoms with Crippen LogP contribution in [-0.4, -0.2) is 43.0 Å². The van der Waals surface area contributed by atoms with Crippen LogP contribution < -0.4 is 0 Å². The maximum absolute atomic E-state index is 12.2. The van der Waals surface area contributed by atoms with Crippen LogP contribution in [0.2, 0.25) is 0 Å². The van der Waals surface area contributed by atoms with Crippen molar-refractivity contribution >= 4 is 21.7 Å². The summed E-state index contributed by atoms with van der Waals surface area (Å²) in [5.74, 6) is 0.201. The van der Waals surface area contributed by atoms with E-state index < -0.39 is 0 Å². The highest BCUT2D eigenvalue weighted by Crippen LogP contribution is 2.18. The van der Waals surface area contributed by atoms with Crippen molar-refractivity contribution in [2.24, 2.45) is 0 Å². The second kappa shape index (κ2) is 7.17. The summed E-state index contributed by atoms with van der Waals surface area (Å²) in [7, 11) is 0. The van der Waals surface area contributed by atoms with Gasteiger partial charge in [0.2, 0.25) is 0 Å². The van der Waals surface area contributed by atoms with Crippen LogP contribution in [0.5, 0.6) is 0 Å². The Balaban J connectivity index is 1.85. The van der Waals surface area contributed by atoms with Gasteiger partial charge in [0.1, 0.15) is 0 Å². The molecule has 3 nitrogen and oxygen atoms in total. The van der Waals surface area contributed by atoms with Crippen molar-refractivity contribution in [3.63, 3.8) is 0 Å². The zero-order valence-corrected chi connectivity index (χ0v) is 12.9. The second-order valence-corrected chi connectivity index (χ2v) is 5.71. The molecule has 0 aliphatic carbocycles. The third-order valence-electron chi connectivity index (χ3n) is 3.51. The Morgan fingerprint density at radius 2 is 2.26 bits per heavy atom. The molecule has 0 saturated carbocycles. The molecule has 1 saturated heterocycles. The SMILES string of the molecule is CCC1CN(CCC(=O)c2ccccc2Br)CCO1. The quantitative estimate of drug-likeness (QED) is 0.779. The molecule has 19 heavy (non-hydrogen) atoms. The molecule has 4 heteroatoms. The highest BCUT2D eigenvalue weighted by molar-refractivity contribution is 9.10. The first-order chi connectivity index (χ1) is 9.20. The average molecular weight is 326 g/mol. The Kier molecular flexibility index (Phi) is 5.55. The highest BCUT2D eigenvalue weighted by Gasteiger charge is 2.19. The van der Waals surface area contributed by atoms with Gasteiger partial charge in [0.15, 0.2) is 5.78 Å². The van der Waals surface area contributed by atoms with Gasteiger partial charge in [-0.3, -0.25) is 9.69 Å². The fourth-order valence-electron chi connectivity index (χ4n) is 2.31. The van der Waals surface area contributed by atoms with Gasteiger partial charge in [-0.1, -0.05) is 41.1 Å². The van der Waals surface area contributed by atoms with Crippen molar-refractivity contribution in [1.29, 1.82) is 0 Å². The minimum absolute atomic E-state index is 0.201. The zero-order valence-electron chi connectivity index (χ0n) is 11.3. The second-order valence-electron chi connectivity index (χ2n) is 4.85. The number of hydrogen-bond donors (Lipinski definition) is 0. The number of ether oxygens (including phenoxy) is 1. The summed E-state index contributed by atoms with van der Waals surface area (Å²) >= 11 is 3.43. The number of halogens is 1. The van der Waals surface area contributed by atoms with Gasteiger partial charge in [0, 0.05) is 36.1 Å². The number of ketones is 1. The fourth-order valence-corrected chi connectivity index (χ4v) is 2.82. The lowest BCUT2D eigenvalue weighted by Crippen LogP contribution is -2.42. The van der Waals surface area contributed by atoms with Crippen LogP contribution in [0.4, 0.5) is 0 Å². The van der Waals surface area contributed by atoms with Crippen molar-refractivity contribution in [2.45, 2.75) is 25.9 Å². The summed E-state index contributed by atoms with van der Waals surface area (Å²) in [6.45, 7) is 5.61. The molecule has 2 rings (SSSR count). The van der Waals surface area contributed by atoms with Gasteiger partial charge in [-0.15, -0.1) is 0 Å². The number of nitrogens with zero attached hydrogens (tertiary/aromatic N) is 1. The summed E-state index contributed by atoms with van der Waals surface area (Å²) < 4.78 is 6.52. The Labute approximate surface area is 123 Å². The zero-order chi connectivity index (χ0) is 13.7. The molecule has 1 aromatic carbocycles. The number of morpholine rings is 1. The highest BCUT2D eigenvalue weighted by atomic mass is 79.9. The van der Waals surface area contributed by atoms with E-state index in [-0.39, 0.29) is 5.78 Å². The standard InChI is InChI=1S/C15H20BrNO2/c1-2-12-11-17(9-10-19-12)8-7-15(18)13-5-3-4-6-14(13)16/h3-6,12H,2,7-11H2,1H3. The first kappa shape index (κ1) is 14.7. The maximum Gasteiger partial charge on any atom is 0.165 e. The predicted octanol–water partition coefficient (Wildman–Crippen LogP) is 3.13. The third-order valence-corrected chi connectivity index (χ3v) is 4.20. The van der Waals surface area contributed by atoms with Crippen molar-refractivity contribution < 1.29 is 9.53 Å². The number of Topliss-reactive ketones (excluding diaryl/α,β-unsaturated/α-hetero) is 1. The van der Waals surface area contributed by atoms with E-state index in [1.165, 1.54) is 0 Å². The molecule has 1 unspecified atom stereocenters. The number of rotatable bonds is 5. The van der Waals surface area contributed by atoms with E-state index >= 15 is 0 Å². The van der Waals surface area contributed by atoms with Gasteiger partial charge < -0.3 is 4.74 Å². The number of carbonyl (C=O) groups excluding carboxylic acids is 1. The van der Waals surface area contributed by atoms with E-state index in [2.05, 4.69) is 27.8 Å². The molecule has 0 bridgehead atoms. The van der Waals surface area contributed by atoms with Gasteiger partial charge in [-0.05, 0) is 12.5 Å². The summed E-state index contributed by atoms with van der Waals surface area (Å²) in [5.41, 5.74) is 0.780. The summed E-state index contributed by atoms with van der Waals surface area (Å²) in [6, 6.07) is 7.62. The molecule has 1 heterocycles. The van der Waals surface area contributed by atoms with Crippen molar-refractivity contribution in [3.05, 3.63) is 34.3 Å². The Bertz CT molecular complexity index is 436. The molecule has 1 aliphatic heterocycles. The topological polar surface area (TPSA) is 29.5 Å². The molecule has 0 N–H and O–H groups in total. The normalized spacial score (nSPS) is 20.4. The maximum atomic E-state index is 12.2. The lowest BCUT2D eigenvalue weighted by molar-refractivity contribution is -0.0293. The molecule has 0 spiro atoms. The van der Waals surface area contributed by atoms with Crippen LogP contribution in [0, 0.1) is 0 Å². The summed E-state index contributed by atoms with van der Waals surface area (Å²) in [5, 5.41) is 0.